The molecule has 24 heavy (non-hydrogen) atoms. The van der Waals surface area contributed by atoms with Crippen LogP contribution in [0, 0.1) is 0 Å². The molecule has 1 rings (SSSR count). The minimum atomic E-state index is -0.649. The fourth-order valence-corrected chi connectivity index (χ4v) is 2.05. The number of esters is 2. The Morgan fingerprint density at radius 2 is 1.67 bits per heavy atom. The predicted molar refractivity (Wildman–Crippen MR) is 86.2 cm³/mol. The lowest BCUT2D eigenvalue weighted by atomic mass is 10.3. The molecule has 0 aliphatic carbocycles. The standard InChI is InChI=1S/C16H26N2O6/c1-14(19)17-6-11-24-16(21)5-4-15(20)23-10-3-2-7-18-8-12-22-13-9-18/h4-5H,2-3,6-13H2,1H3,(H,17,19)/b5-4+. The number of ether oxygens (including phenoxy) is 3. The van der Waals surface area contributed by atoms with Crippen molar-refractivity contribution in [3.8, 4) is 0 Å². The van der Waals surface area contributed by atoms with E-state index in [2.05, 4.69) is 10.2 Å². The van der Waals surface area contributed by atoms with Crippen molar-refractivity contribution in [1.29, 1.82) is 0 Å². The second-order valence-corrected chi connectivity index (χ2v) is 5.31. The van der Waals surface area contributed by atoms with E-state index in [0.717, 1.165) is 57.8 Å². The van der Waals surface area contributed by atoms with Gasteiger partial charge >= 0.3 is 11.9 Å². The van der Waals surface area contributed by atoms with Crippen molar-refractivity contribution < 1.29 is 28.6 Å². The smallest absolute Gasteiger partial charge is 0.331 e. The van der Waals surface area contributed by atoms with Crippen molar-refractivity contribution >= 4 is 17.8 Å². The van der Waals surface area contributed by atoms with Crippen molar-refractivity contribution in [1.82, 2.24) is 10.2 Å². The van der Waals surface area contributed by atoms with Crippen LogP contribution in [0.3, 0.4) is 0 Å². The lowest BCUT2D eigenvalue weighted by Crippen LogP contribution is -2.36. The van der Waals surface area contributed by atoms with Crippen molar-refractivity contribution in [3.05, 3.63) is 12.2 Å². The third kappa shape index (κ3) is 10.7. The Morgan fingerprint density at radius 3 is 2.29 bits per heavy atom. The van der Waals surface area contributed by atoms with E-state index < -0.39 is 11.9 Å². The van der Waals surface area contributed by atoms with Crippen molar-refractivity contribution in [2.24, 2.45) is 0 Å². The van der Waals surface area contributed by atoms with E-state index in [9.17, 15) is 14.4 Å². The van der Waals surface area contributed by atoms with Crippen LogP contribution in [0.2, 0.25) is 0 Å². The third-order valence-corrected chi connectivity index (χ3v) is 3.29. The average molecular weight is 342 g/mol. The number of nitrogens with zero attached hydrogens (tertiary/aromatic N) is 1. The van der Waals surface area contributed by atoms with Crippen molar-refractivity contribution in [2.75, 3.05) is 52.6 Å². The van der Waals surface area contributed by atoms with Crippen LogP contribution in [0.1, 0.15) is 19.8 Å². The second-order valence-electron chi connectivity index (χ2n) is 5.31. The summed E-state index contributed by atoms with van der Waals surface area (Å²) in [6.07, 6.45) is 3.78. The van der Waals surface area contributed by atoms with Gasteiger partial charge in [0.25, 0.3) is 0 Å². The zero-order chi connectivity index (χ0) is 17.6. The maximum atomic E-state index is 11.4. The Hall–Kier alpha value is -1.93. The number of unbranched alkanes of at least 4 members (excludes halogenated alkanes) is 1. The van der Waals surface area contributed by atoms with Gasteiger partial charge in [-0.15, -0.1) is 0 Å². The zero-order valence-corrected chi connectivity index (χ0v) is 14.1. The molecule has 0 saturated carbocycles. The van der Waals surface area contributed by atoms with Gasteiger partial charge in [0.2, 0.25) is 5.91 Å². The highest BCUT2D eigenvalue weighted by Gasteiger charge is 2.09. The molecule has 1 fully saturated rings. The summed E-state index contributed by atoms with van der Waals surface area (Å²) in [6, 6.07) is 0. The van der Waals surface area contributed by atoms with Gasteiger partial charge in [-0.1, -0.05) is 0 Å². The minimum absolute atomic E-state index is 0.0549. The Morgan fingerprint density at radius 1 is 1.04 bits per heavy atom. The van der Waals surface area contributed by atoms with E-state index in [1.165, 1.54) is 6.92 Å². The monoisotopic (exact) mass is 342 g/mol. The van der Waals surface area contributed by atoms with Crippen molar-refractivity contribution in [3.63, 3.8) is 0 Å². The molecule has 136 valence electrons. The fourth-order valence-electron chi connectivity index (χ4n) is 2.05. The molecule has 1 N–H and O–H groups in total. The third-order valence-electron chi connectivity index (χ3n) is 3.29. The van der Waals surface area contributed by atoms with Gasteiger partial charge in [0.05, 0.1) is 26.4 Å². The van der Waals surface area contributed by atoms with Crippen LogP contribution in [-0.4, -0.2) is 75.4 Å². The molecule has 0 spiro atoms. The van der Waals surface area contributed by atoms with E-state index >= 15 is 0 Å². The Labute approximate surface area is 142 Å². The number of rotatable bonds is 10. The van der Waals surface area contributed by atoms with Crippen molar-refractivity contribution in [2.45, 2.75) is 19.8 Å². The lowest BCUT2D eigenvalue weighted by molar-refractivity contribution is -0.140. The maximum Gasteiger partial charge on any atom is 0.331 e. The van der Waals surface area contributed by atoms with Crippen LogP contribution in [-0.2, 0) is 28.6 Å². The highest BCUT2D eigenvalue weighted by Crippen LogP contribution is 2.00. The SMILES string of the molecule is CC(=O)NCCOC(=O)/C=C/C(=O)OCCCCN1CCOCC1. The first-order valence-corrected chi connectivity index (χ1v) is 8.14. The van der Waals surface area contributed by atoms with Gasteiger partial charge in [-0.3, -0.25) is 9.69 Å². The summed E-state index contributed by atoms with van der Waals surface area (Å²) in [7, 11) is 0. The topological polar surface area (TPSA) is 94.2 Å². The Balaban J connectivity index is 1.99. The molecule has 0 radical (unpaired) electrons. The first kappa shape index (κ1) is 20.1. The molecule has 1 amide bonds. The molecule has 0 unspecified atom stereocenters. The van der Waals surface area contributed by atoms with E-state index in [0.29, 0.717) is 6.61 Å². The fraction of sp³-hybridized carbons (Fsp3) is 0.688. The predicted octanol–water partition coefficient (Wildman–Crippen LogP) is -0.122. The summed E-state index contributed by atoms with van der Waals surface area (Å²) >= 11 is 0. The largest absolute Gasteiger partial charge is 0.463 e. The van der Waals surface area contributed by atoms with Gasteiger partial charge < -0.3 is 19.5 Å². The number of carbonyl (C=O) groups is 3. The second kappa shape index (κ2) is 12.5. The molecule has 0 atom stereocenters. The Kier molecular flexibility index (Phi) is 10.5. The van der Waals surface area contributed by atoms with Crippen LogP contribution in [0.25, 0.3) is 0 Å². The van der Waals surface area contributed by atoms with Gasteiger partial charge in [-0.2, -0.15) is 0 Å². The van der Waals surface area contributed by atoms with E-state index in [1.54, 1.807) is 0 Å². The molecule has 8 nitrogen and oxygen atoms in total. The summed E-state index contributed by atoms with van der Waals surface area (Å²) in [6.45, 7) is 6.42. The van der Waals surface area contributed by atoms with Gasteiger partial charge in [0.15, 0.2) is 0 Å². The molecular weight excluding hydrogens is 316 g/mol. The average Bonchev–Trinajstić information content (AvgIpc) is 2.57. The van der Waals surface area contributed by atoms with E-state index in [4.69, 9.17) is 14.2 Å². The summed E-state index contributed by atoms with van der Waals surface area (Å²) in [5, 5.41) is 2.49. The number of amides is 1. The summed E-state index contributed by atoms with van der Waals surface area (Å²) < 4.78 is 15.1. The molecule has 0 aromatic carbocycles. The van der Waals surface area contributed by atoms with Crippen LogP contribution < -0.4 is 5.32 Å². The van der Waals surface area contributed by atoms with Gasteiger partial charge in [0, 0.05) is 32.2 Å². The van der Waals surface area contributed by atoms with E-state index in [1.807, 2.05) is 0 Å². The molecule has 1 aliphatic rings. The highest BCUT2D eigenvalue weighted by atomic mass is 16.5. The molecule has 0 aromatic heterocycles. The van der Waals surface area contributed by atoms with Crippen LogP contribution >= 0.6 is 0 Å². The lowest BCUT2D eigenvalue weighted by Gasteiger charge is -2.26. The van der Waals surface area contributed by atoms with Gasteiger partial charge in [-0.25, -0.2) is 9.59 Å². The minimum Gasteiger partial charge on any atom is -0.463 e. The van der Waals surface area contributed by atoms with Crippen LogP contribution in [0.5, 0.6) is 0 Å². The van der Waals surface area contributed by atoms with Crippen LogP contribution in [0.4, 0.5) is 0 Å². The van der Waals surface area contributed by atoms with Gasteiger partial charge in [-0.05, 0) is 19.4 Å². The maximum absolute atomic E-state index is 11.4. The first-order valence-electron chi connectivity index (χ1n) is 8.14. The summed E-state index contributed by atoms with van der Waals surface area (Å²) in [5.41, 5.74) is 0. The Bertz CT molecular complexity index is 432. The highest BCUT2D eigenvalue weighted by molar-refractivity contribution is 5.91. The molecule has 0 bridgehead atoms. The number of morpholine rings is 1. The number of hydrogen-bond donors (Lipinski definition) is 1. The zero-order valence-electron chi connectivity index (χ0n) is 14.1. The quantitative estimate of drug-likeness (QED) is 0.336. The molecule has 1 aliphatic heterocycles. The summed E-state index contributed by atoms with van der Waals surface area (Å²) in [4.78, 5) is 35.7. The number of hydrogen-bond acceptors (Lipinski definition) is 7. The molecule has 1 heterocycles. The molecular formula is C16H26N2O6. The van der Waals surface area contributed by atoms with Gasteiger partial charge in [0.1, 0.15) is 6.61 Å². The number of carbonyl (C=O) groups excluding carboxylic acids is 3. The molecule has 0 aromatic rings. The first-order chi connectivity index (χ1) is 11.6. The summed E-state index contributed by atoms with van der Waals surface area (Å²) in [5.74, 6) is -1.41. The normalized spacial score (nSPS) is 15.2. The molecule has 8 heteroatoms. The van der Waals surface area contributed by atoms with E-state index in [-0.39, 0.29) is 19.1 Å². The number of nitrogens with one attached hydrogen (secondary N) is 1. The van der Waals surface area contributed by atoms with Crippen LogP contribution in [0.15, 0.2) is 12.2 Å². The molecule has 1 saturated heterocycles.